The molecule has 1 N–H and O–H groups in total. The number of rotatable bonds is 4. The predicted octanol–water partition coefficient (Wildman–Crippen LogP) is 1.95. The van der Waals surface area contributed by atoms with Gasteiger partial charge < -0.3 is 10.1 Å². The molecule has 0 radical (unpaired) electrons. The molecule has 0 spiro atoms. The average Bonchev–Trinajstić information content (AvgIpc) is 2.11. The van der Waals surface area contributed by atoms with Crippen molar-refractivity contribution in [1.82, 2.24) is 5.32 Å². The maximum Gasteiger partial charge on any atom is 0.0575 e. The molecule has 2 rings (SSSR count). The van der Waals surface area contributed by atoms with Crippen molar-refractivity contribution < 1.29 is 4.74 Å². The van der Waals surface area contributed by atoms with Crippen molar-refractivity contribution in [3.05, 3.63) is 0 Å². The van der Waals surface area contributed by atoms with Crippen LogP contribution in [0.5, 0.6) is 0 Å². The van der Waals surface area contributed by atoms with Crippen LogP contribution in [0, 0.1) is 5.92 Å². The molecule has 13 heavy (non-hydrogen) atoms. The fourth-order valence-electron chi connectivity index (χ4n) is 2.19. The highest BCUT2D eigenvalue weighted by atomic mass is 16.5. The molecule has 1 heterocycles. The number of hydrogen-bond acceptors (Lipinski definition) is 2. The summed E-state index contributed by atoms with van der Waals surface area (Å²) in [7, 11) is 0. The highest BCUT2D eigenvalue weighted by Crippen LogP contribution is 2.21. The lowest BCUT2D eigenvalue weighted by Gasteiger charge is -2.28. The Morgan fingerprint density at radius 1 is 1.08 bits per heavy atom. The zero-order valence-electron chi connectivity index (χ0n) is 8.43. The van der Waals surface area contributed by atoms with Gasteiger partial charge in [0.15, 0.2) is 0 Å². The Morgan fingerprint density at radius 3 is 2.46 bits per heavy atom. The monoisotopic (exact) mass is 183 g/mol. The molecule has 1 saturated carbocycles. The van der Waals surface area contributed by atoms with Crippen LogP contribution in [-0.4, -0.2) is 25.8 Å². The summed E-state index contributed by atoms with van der Waals surface area (Å²) in [6, 6.07) is 0. The zero-order valence-corrected chi connectivity index (χ0v) is 8.43. The van der Waals surface area contributed by atoms with Gasteiger partial charge in [0.25, 0.3) is 0 Å². The molecule has 0 amide bonds. The molecule has 2 heteroatoms. The summed E-state index contributed by atoms with van der Waals surface area (Å²) in [5.41, 5.74) is 0. The van der Waals surface area contributed by atoms with Crippen LogP contribution in [0.2, 0.25) is 0 Å². The molecule has 0 aromatic carbocycles. The van der Waals surface area contributed by atoms with E-state index < -0.39 is 0 Å². The minimum atomic E-state index is 0.599. The van der Waals surface area contributed by atoms with E-state index in [-0.39, 0.29) is 0 Å². The van der Waals surface area contributed by atoms with E-state index >= 15 is 0 Å². The van der Waals surface area contributed by atoms with E-state index in [1.807, 2.05) is 0 Å². The summed E-state index contributed by atoms with van der Waals surface area (Å²) in [5, 5.41) is 3.29. The van der Waals surface area contributed by atoms with Crippen LogP contribution in [0.25, 0.3) is 0 Å². The molecular formula is C11H21NO. The number of nitrogens with one attached hydrogen (secondary N) is 1. The molecule has 76 valence electrons. The molecular weight excluding hydrogens is 162 g/mol. The van der Waals surface area contributed by atoms with Crippen molar-refractivity contribution in [2.45, 2.75) is 44.6 Å². The lowest BCUT2D eigenvalue weighted by atomic mass is 9.97. The van der Waals surface area contributed by atoms with Crippen molar-refractivity contribution in [3.8, 4) is 0 Å². The maximum absolute atomic E-state index is 5.86. The first-order chi connectivity index (χ1) is 6.45. The lowest BCUT2D eigenvalue weighted by molar-refractivity contribution is 0.0182. The summed E-state index contributed by atoms with van der Waals surface area (Å²) in [5.74, 6) is 0.906. The summed E-state index contributed by atoms with van der Waals surface area (Å²) < 4.78 is 5.86. The van der Waals surface area contributed by atoms with E-state index in [0.717, 1.165) is 12.5 Å². The standard InChI is InChI=1S/C11H21NO/c1-2-4-11(5-3-1)13-7-6-10-8-12-9-10/h10-12H,1-9H2. The third kappa shape index (κ3) is 2.96. The van der Waals surface area contributed by atoms with Crippen molar-refractivity contribution in [1.29, 1.82) is 0 Å². The van der Waals surface area contributed by atoms with Crippen LogP contribution < -0.4 is 5.32 Å². The van der Waals surface area contributed by atoms with Gasteiger partial charge in [-0.25, -0.2) is 0 Å². The van der Waals surface area contributed by atoms with Crippen LogP contribution in [0.3, 0.4) is 0 Å². The number of ether oxygens (including phenoxy) is 1. The molecule has 0 bridgehead atoms. The van der Waals surface area contributed by atoms with E-state index in [9.17, 15) is 0 Å². The van der Waals surface area contributed by atoms with Gasteiger partial charge in [0.2, 0.25) is 0 Å². The molecule has 0 aromatic heterocycles. The first kappa shape index (κ1) is 9.47. The van der Waals surface area contributed by atoms with Gasteiger partial charge in [-0.15, -0.1) is 0 Å². The van der Waals surface area contributed by atoms with E-state index in [1.54, 1.807) is 0 Å². The second kappa shape index (κ2) is 4.97. The second-order valence-electron chi connectivity index (χ2n) is 4.44. The van der Waals surface area contributed by atoms with E-state index in [1.165, 1.54) is 51.6 Å². The molecule has 0 aromatic rings. The molecule has 2 nitrogen and oxygen atoms in total. The van der Waals surface area contributed by atoms with Gasteiger partial charge in [0.1, 0.15) is 0 Å². The Morgan fingerprint density at radius 2 is 1.85 bits per heavy atom. The molecule has 1 aliphatic heterocycles. The second-order valence-corrected chi connectivity index (χ2v) is 4.44. The first-order valence-electron chi connectivity index (χ1n) is 5.77. The average molecular weight is 183 g/mol. The number of hydrogen-bond donors (Lipinski definition) is 1. The van der Waals surface area contributed by atoms with Gasteiger partial charge in [-0.1, -0.05) is 19.3 Å². The molecule has 0 atom stereocenters. The highest BCUT2D eigenvalue weighted by molar-refractivity contribution is 4.74. The Labute approximate surface area is 81.0 Å². The van der Waals surface area contributed by atoms with Crippen LogP contribution >= 0.6 is 0 Å². The van der Waals surface area contributed by atoms with Crippen LogP contribution in [0.1, 0.15) is 38.5 Å². The van der Waals surface area contributed by atoms with Crippen molar-refractivity contribution >= 4 is 0 Å². The maximum atomic E-state index is 5.86. The molecule has 1 aliphatic carbocycles. The summed E-state index contributed by atoms with van der Waals surface area (Å²) in [6.45, 7) is 3.43. The van der Waals surface area contributed by atoms with E-state index in [0.29, 0.717) is 6.10 Å². The van der Waals surface area contributed by atoms with Gasteiger partial charge in [-0.05, 0) is 38.3 Å². The van der Waals surface area contributed by atoms with Crippen molar-refractivity contribution in [2.75, 3.05) is 19.7 Å². The topological polar surface area (TPSA) is 21.3 Å². The SMILES string of the molecule is C1CCC(OCCC2CNC2)CC1. The van der Waals surface area contributed by atoms with Crippen LogP contribution in [0.4, 0.5) is 0 Å². The van der Waals surface area contributed by atoms with Crippen molar-refractivity contribution in [2.24, 2.45) is 5.92 Å². The quantitative estimate of drug-likeness (QED) is 0.719. The smallest absolute Gasteiger partial charge is 0.0575 e. The Kier molecular flexibility index (Phi) is 3.62. The molecule has 2 aliphatic rings. The van der Waals surface area contributed by atoms with Gasteiger partial charge >= 0.3 is 0 Å². The van der Waals surface area contributed by atoms with Crippen molar-refractivity contribution in [3.63, 3.8) is 0 Å². The molecule has 2 fully saturated rings. The van der Waals surface area contributed by atoms with Crippen LogP contribution in [0.15, 0.2) is 0 Å². The Bertz CT molecular complexity index is 139. The lowest BCUT2D eigenvalue weighted by Crippen LogP contribution is -2.42. The third-order valence-corrected chi connectivity index (χ3v) is 3.30. The summed E-state index contributed by atoms with van der Waals surface area (Å²) in [6.07, 6.45) is 8.68. The van der Waals surface area contributed by atoms with E-state index in [2.05, 4.69) is 5.32 Å². The molecule has 1 saturated heterocycles. The van der Waals surface area contributed by atoms with Gasteiger partial charge in [-0.3, -0.25) is 0 Å². The van der Waals surface area contributed by atoms with E-state index in [4.69, 9.17) is 4.74 Å². The van der Waals surface area contributed by atoms with Gasteiger partial charge in [0, 0.05) is 6.61 Å². The summed E-state index contributed by atoms with van der Waals surface area (Å²) in [4.78, 5) is 0. The summed E-state index contributed by atoms with van der Waals surface area (Å²) >= 11 is 0. The van der Waals surface area contributed by atoms with Gasteiger partial charge in [0.05, 0.1) is 6.10 Å². The minimum absolute atomic E-state index is 0.599. The third-order valence-electron chi connectivity index (χ3n) is 3.30. The predicted molar refractivity (Wildman–Crippen MR) is 53.8 cm³/mol. The van der Waals surface area contributed by atoms with Gasteiger partial charge in [-0.2, -0.15) is 0 Å². The highest BCUT2D eigenvalue weighted by Gasteiger charge is 2.18. The Hall–Kier alpha value is -0.0800. The fourth-order valence-corrected chi connectivity index (χ4v) is 2.19. The first-order valence-corrected chi connectivity index (χ1v) is 5.77. The fraction of sp³-hybridized carbons (Fsp3) is 1.00. The zero-order chi connectivity index (χ0) is 8.93. The normalized spacial score (nSPS) is 25.8. The Balaban J connectivity index is 1.50. The largest absolute Gasteiger partial charge is 0.378 e. The molecule has 0 unspecified atom stereocenters. The van der Waals surface area contributed by atoms with Crippen LogP contribution in [-0.2, 0) is 4.74 Å². The minimum Gasteiger partial charge on any atom is -0.378 e.